The van der Waals surface area contributed by atoms with Crippen molar-refractivity contribution in [3.63, 3.8) is 0 Å². The second-order valence-corrected chi connectivity index (χ2v) is 6.64. The fraction of sp³-hybridized carbons (Fsp3) is 0.350. The number of hydrogen-bond donors (Lipinski definition) is 3. The number of aromatic nitrogens is 1. The Morgan fingerprint density at radius 3 is 2.79 bits per heavy atom. The summed E-state index contributed by atoms with van der Waals surface area (Å²) in [5, 5.41) is 9.05. The molecule has 1 fully saturated rings. The number of carbonyl (C=O) groups excluding carboxylic acids is 1. The largest absolute Gasteiger partial charge is 0.357 e. The van der Waals surface area contributed by atoms with Gasteiger partial charge in [-0.25, -0.2) is 18.8 Å². The van der Waals surface area contributed by atoms with E-state index in [4.69, 9.17) is 0 Å². The number of hydrogen-bond acceptors (Lipinski definition) is 4. The Morgan fingerprint density at radius 1 is 1.28 bits per heavy atom. The van der Waals surface area contributed by atoms with Gasteiger partial charge in [0.1, 0.15) is 12.4 Å². The lowest BCUT2D eigenvalue weighted by Crippen LogP contribution is -2.45. The lowest BCUT2D eigenvalue weighted by atomic mass is 10.3. The molecule has 1 aliphatic rings. The van der Waals surface area contributed by atoms with Crippen molar-refractivity contribution >= 4 is 23.4 Å². The van der Waals surface area contributed by atoms with E-state index in [0.717, 1.165) is 6.42 Å². The highest BCUT2D eigenvalue weighted by Gasteiger charge is 2.26. The molecule has 7 nitrogen and oxygen atoms in total. The third-order valence-electron chi connectivity index (χ3n) is 4.42. The van der Waals surface area contributed by atoms with Gasteiger partial charge >= 0.3 is 0 Å². The molecule has 0 aliphatic carbocycles. The van der Waals surface area contributed by atoms with Crippen LogP contribution in [0.5, 0.6) is 0 Å². The molecule has 3 N–H and O–H groups in total. The number of halogens is 2. The molecule has 0 spiro atoms. The molecular formula is C20H24F2N6O. The summed E-state index contributed by atoms with van der Waals surface area (Å²) < 4.78 is 26.9. The van der Waals surface area contributed by atoms with Crippen molar-refractivity contribution < 1.29 is 13.6 Å². The first-order chi connectivity index (χ1) is 14.0. The Balaban J connectivity index is 1.54. The van der Waals surface area contributed by atoms with Crippen molar-refractivity contribution in [2.75, 3.05) is 36.4 Å². The van der Waals surface area contributed by atoms with E-state index in [-0.39, 0.29) is 30.1 Å². The number of guanidine groups is 1. The van der Waals surface area contributed by atoms with Crippen molar-refractivity contribution in [3.8, 4) is 0 Å². The van der Waals surface area contributed by atoms with Crippen LogP contribution in [-0.2, 0) is 4.79 Å². The van der Waals surface area contributed by atoms with Gasteiger partial charge in [0.25, 0.3) is 0 Å². The number of amides is 1. The lowest BCUT2D eigenvalue weighted by molar-refractivity contribution is -0.114. The summed E-state index contributed by atoms with van der Waals surface area (Å²) in [6, 6.07) is 8.55. The molecule has 1 unspecified atom stereocenters. The quantitative estimate of drug-likeness (QED) is 0.510. The third kappa shape index (κ3) is 5.87. The van der Waals surface area contributed by atoms with Crippen LogP contribution in [0.2, 0.25) is 0 Å². The number of rotatable bonds is 6. The first kappa shape index (κ1) is 20.5. The van der Waals surface area contributed by atoms with Crippen molar-refractivity contribution in [2.45, 2.75) is 19.4 Å². The summed E-state index contributed by atoms with van der Waals surface area (Å²) in [5.74, 6) is -0.160. The van der Waals surface area contributed by atoms with Crippen LogP contribution in [0.25, 0.3) is 0 Å². The Hall–Kier alpha value is -3.23. The van der Waals surface area contributed by atoms with Gasteiger partial charge < -0.3 is 20.9 Å². The predicted molar refractivity (Wildman–Crippen MR) is 109 cm³/mol. The zero-order valence-corrected chi connectivity index (χ0v) is 16.2. The molecule has 29 heavy (non-hydrogen) atoms. The summed E-state index contributed by atoms with van der Waals surface area (Å²) >= 11 is 0. The maximum atomic E-state index is 13.9. The van der Waals surface area contributed by atoms with Crippen LogP contribution < -0.4 is 20.9 Å². The summed E-state index contributed by atoms with van der Waals surface area (Å²) in [6.45, 7) is 3.74. The van der Waals surface area contributed by atoms with Gasteiger partial charge in [0, 0.05) is 37.6 Å². The molecule has 2 heterocycles. The van der Waals surface area contributed by atoms with Crippen LogP contribution in [-0.4, -0.2) is 49.1 Å². The highest BCUT2D eigenvalue weighted by atomic mass is 19.1. The van der Waals surface area contributed by atoms with E-state index in [1.807, 2.05) is 11.8 Å². The van der Waals surface area contributed by atoms with Crippen molar-refractivity contribution in [1.29, 1.82) is 0 Å². The molecule has 2 aromatic rings. The van der Waals surface area contributed by atoms with Crippen molar-refractivity contribution in [1.82, 2.24) is 15.6 Å². The monoisotopic (exact) mass is 402 g/mol. The van der Waals surface area contributed by atoms with Crippen molar-refractivity contribution in [3.05, 3.63) is 54.2 Å². The molecule has 1 atom stereocenters. The van der Waals surface area contributed by atoms with Gasteiger partial charge in [-0.2, -0.15) is 0 Å². The van der Waals surface area contributed by atoms with Gasteiger partial charge in [0.2, 0.25) is 5.91 Å². The molecule has 1 saturated heterocycles. The minimum atomic E-state index is -0.365. The molecule has 0 saturated carbocycles. The van der Waals surface area contributed by atoms with E-state index in [1.54, 1.807) is 12.3 Å². The smallest absolute Gasteiger partial charge is 0.246 e. The number of benzene rings is 1. The molecule has 1 aliphatic heterocycles. The molecule has 1 aromatic heterocycles. The van der Waals surface area contributed by atoms with Crippen LogP contribution in [0.1, 0.15) is 13.3 Å². The van der Waals surface area contributed by atoms with Gasteiger partial charge in [-0.15, -0.1) is 0 Å². The molecule has 1 aromatic carbocycles. The standard InChI is InChI=1S/C20H24F2N6O/c1-2-23-20(25-12-18(29)26-15-7-5-14(21)6-8-15)27-16-9-11-28(13-16)19-17(22)4-3-10-24-19/h3-8,10,16H,2,9,11-13H2,1H3,(H,26,29)(H2,23,25,27). The summed E-state index contributed by atoms with van der Waals surface area (Å²) in [4.78, 5) is 22.4. The second kappa shape index (κ2) is 9.81. The Morgan fingerprint density at radius 2 is 2.07 bits per heavy atom. The highest BCUT2D eigenvalue weighted by molar-refractivity contribution is 5.94. The Labute approximate surface area is 168 Å². The fourth-order valence-corrected chi connectivity index (χ4v) is 3.08. The summed E-state index contributed by atoms with van der Waals surface area (Å²) in [6.07, 6.45) is 2.37. The van der Waals surface area contributed by atoms with Crippen LogP contribution in [0.15, 0.2) is 47.6 Å². The summed E-state index contributed by atoms with van der Waals surface area (Å²) in [7, 11) is 0. The minimum absolute atomic E-state index is 0.0503. The molecule has 154 valence electrons. The maximum Gasteiger partial charge on any atom is 0.246 e. The van der Waals surface area contributed by atoms with Crippen LogP contribution in [0.3, 0.4) is 0 Å². The molecular weight excluding hydrogens is 378 g/mol. The lowest BCUT2D eigenvalue weighted by Gasteiger charge is -2.19. The zero-order chi connectivity index (χ0) is 20.6. The maximum absolute atomic E-state index is 13.9. The first-order valence-electron chi connectivity index (χ1n) is 9.51. The molecule has 0 radical (unpaired) electrons. The molecule has 0 bridgehead atoms. The Bertz CT molecular complexity index is 858. The number of carbonyl (C=O) groups is 1. The van der Waals surface area contributed by atoms with E-state index in [2.05, 4.69) is 25.9 Å². The van der Waals surface area contributed by atoms with E-state index in [1.165, 1.54) is 30.3 Å². The van der Waals surface area contributed by atoms with Gasteiger partial charge in [-0.3, -0.25) is 4.79 Å². The zero-order valence-electron chi connectivity index (χ0n) is 16.2. The van der Waals surface area contributed by atoms with Crippen LogP contribution in [0, 0.1) is 11.6 Å². The van der Waals surface area contributed by atoms with Gasteiger partial charge in [0.15, 0.2) is 17.6 Å². The van der Waals surface area contributed by atoms with Gasteiger partial charge in [0.05, 0.1) is 0 Å². The second-order valence-electron chi connectivity index (χ2n) is 6.64. The minimum Gasteiger partial charge on any atom is -0.357 e. The third-order valence-corrected chi connectivity index (χ3v) is 4.42. The fourth-order valence-electron chi connectivity index (χ4n) is 3.08. The summed E-state index contributed by atoms with van der Waals surface area (Å²) in [5.41, 5.74) is 0.508. The highest BCUT2D eigenvalue weighted by Crippen LogP contribution is 2.20. The number of nitrogens with zero attached hydrogens (tertiary/aromatic N) is 3. The van der Waals surface area contributed by atoms with E-state index >= 15 is 0 Å². The average molecular weight is 402 g/mol. The first-order valence-corrected chi connectivity index (χ1v) is 9.51. The van der Waals surface area contributed by atoms with Crippen molar-refractivity contribution in [2.24, 2.45) is 4.99 Å². The van der Waals surface area contributed by atoms with Gasteiger partial charge in [-0.1, -0.05) is 0 Å². The number of pyridine rings is 1. The van der Waals surface area contributed by atoms with Crippen LogP contribution >= 0.6 is 0 Å². The van der Waals surface area contributed by atoms with E-state index < -0.39 is 0 Å². The average Bonchev–Trinajstić information content (AvgIpc) is 3.17. The topological polar surface area (TPSA) is 81.6 Å². The van der Waals surface area contributed by atoms with Crippen LogP contribution in [0.4, 0.5) is 20.3 Å². The van der Waals surface area contributed by atoms with E-state index in [9.17, 15) is 13.6 Å². The Kier molecular flexibility index (Phi) is 6.94. The SMILES string of the molecule is CCNC(=NCC(=O)Nc1ccc(F)cc1)NC1CCN(c2ncccc2F)C1. The normalized spacial score (nSPS) is 16.6. The number of aliphatic imine (C=N–C) groups is 1. The molecule has 9 heteroatoms. The number of anilines is 2. The van der Waals surface area contributed by atoms with Gasteiger partial charge in [-0.05, 0) is 49.7 Å². The predicted octanol–water partition coefficient (Wildman–Crippen LogP) is 2.13. The molecule has 3 rings (SSSR count). The number of nitrogens with one attached hydrogen (secondary N) is 3. The molecule has 1 amide bonds. The van der Waals surface area contributed by atoms with E-state index in [0.29, 0.717) is 37.1 Å².